The zero-order valence-electron chi connectivity index (χ0n) is 14.2. The highest BCUT2D eigenvalue weighted by Crippen LogP contribution is 2.66. The first kappa shape index (κ1) is 14.3. The molecular formula is C21H28O2. The number of hydrogen-bond acceptors (Lipinski definition) is 2. The Balaban J connectivity index is 1.39. The van der Waals surface area contributed by atoms with Crippen LogP contribution in [0.3, 0.4) is 0 Å². The summed E-state index contributed by atoms with van der Waals surface area (Å²) in [6.45, 7) is 3.99. The molecule has 1 aliphatic heterocycles. The Labute approximate surface area is 139 Å². The first-order valence-corrected chi connectivity index (χ1v) is 9.54. The lowest BCUT2D eigenvalue weighted by Gasteiger charge is -2.62. The molecule has 2 nitrogen and oxygen atoms in total. The van der Waals surface area contributed by atoms with Crippen LogP contribution >= 0.6 is 0 Å². The van der Waals surface area contributed by atoms with Crippen LogP contribution < -0.4 is 4.74 Å². The van der Waals surface area contributed by atoms with Crippen LogP contribution in [0.25, 0.3) is 0 Å². The SMILES string of the molecule is CCC12CC3CC(C1)CC(c1ccc(OCC4CO4)cc1)(C3)C2. The van der Waals surface area contributed by atoms with Crippen LogP contribution in [0.4, 0.5) is 0 Å². The summed E-state index contributed by atoms with van der Waals surface area (Å²) in [6.07, 6.45) is 10.5. The van der Waals surface area contributed by atoms with E-state index in [1.54, 1.807) is 5.56 Å². The number of ether oxygens (including phenoxy) is 2. The molecule has 3 atom stereocenters. The molecule has 5 fully saturated rings. The van der Waals surface area contributed by atoms with E-state index in [2.05, 4.69) is 31.2 Å². The fourth-order valence-electron chi connectivity index (χ4n) is 6.46. The van der Waals surface area contributed by atoms with Crippen molar-refractivity contribution in [3.05, 3.63) is 29.8 Å². The molecule has 1 saturated heterocycles. The topological polar surface area (TPSA) is 21.8 Å². The predicted octanol–water partition coefficient (Wildman–Crippen LogP) is 4.71. The van der Waals surface area contributed by atoms with Gasteiger partial charge in [-0.3, -0.25) is 0 Å². The summed E-state index contributed by atoms with van der Waals surface area (Å²) in [6, 6.07) is 9.10. The molecule has 124 valence electrons. The lowest BCUT2D eigenvalue weighted by Crippen LogP contribution is -2.53. The molecule has 6 rings (SSSR count). The average Bonchev–Trinajstić information content (AvgIpc) is 3.36. The van der Waals surface area contributed by atoms with Gasteiger partial charge in [0.1, 0.15) is 18.5 Å². The minimum Gasteiger partial charge on any atom is -0.491 e. The Morgan fingerprint density at radius 1 is 1.09 bits per heavy atom. The van der Waals surface area contributed by atoms with Crippen LogP contribution in [-0.2, 0) is 10.2 Å². The molecule has 0 N–H and O–H groups in total. The lowest BCUT2D eigenvalue weighted by molar-refractivity contribution is -0.0738. The van der Waals surface area contributed by atoms with Crippen LogP contribution in [0.1, 0.15) is 57.4 Å². The number of hydrogen-bond donors (Lipinski definition) is 0. The van der Waals surface area contributed by atoms with Gasteiger partial charge in [-0.15, -0.1) is 0 Å². The molecule has 0 spiro atoms. The van der Waals surface area contributed by atoms with E-state index in [-0.39, 0.29) is 0 Å². The summed E-state index contributed by atoms with van der Waals surface area (Å²) < 4.78 is 11.0. The van der Waals surface area contributed by atoms with E-state index in [0.29, 0.717) is 23.5 Å². The van der Waals surface area contributed by atoms with Crippen molar-refractivity contribution in [2.75, 3.05) is 13.2 Å². The lowest BCUT2D eigenvalue weighted by atomic mass is 9.42. The van der Waals surface area contributed by atoms with Gasteiger partial charge in [0.05, 0.1) is 6.61 Å². The van der Waals surface area contributed by atoms with Gasteiger partial charge in [0, 0.05) is 0 Å². The summed E-state index contributed by atoms with van der Waals surface area (Å²) in [4.78, 5) is 0. The minimum atomic E-state index is 0.335. The maximum absolute atomic E-state index is 5.82. The Bertz CT molecular complexity index is 572. The van der Waals surface area contributed by atoms with Crippen molar-refractivity contribution in [2.45, 2.75) is 63.4 Å². The summed E-state index contributed by atoms with van der Waals surface area (Å²) in [5, 5.41) is 0. The molecule has 0 aromatic heterocycles. The number of rotatable bonds is 5. The molecule has 4 saturated carbocycles. The molecule has 4 aliphatic carbocycles. The fourth-order valence-corrected chi connectivity index (χ4v) is 6.46. The third kappa shape index (κ3) is 2.41. The van der Waals surface area contributed by atoms with Crippen LogP contribution in [0.15, 0.2) is 24.3 Å². The van der Waals surface area contributed by atoms with Crippen molar-refractivity contribution in [1.29, 1.82) is 0 Å². The summed E-state index contributed by atoms with van der Waals surface area (Å²) >= 11 is 0. The van der Waals surface area contributed by atoms with E-state index in [1.165, 1.54) is 44.9 Å². The second-order valence-corrected chi connectivity index (χ2v) is 8.89. The van der Waals surface area contributed by atoms with E-state index in [4.69, 9.17) is 9.47 Å². The quantitative estimate of drug-likeness (QED) is 0.734. The van der Waals surface area contributed by atoms with Crippen LogP contribution in [-0.4, -0.2) is 19.3 Å². The Morgan fingerprint density at radius 2 is 1.78 bits per heavy atom. The molecule has 5 aliphatic rings. The van der Waals surface area contributed by atoms with Crippen molar-refractivity contribution >= 4 is 0 Å². The van der Waals surface area contributed by atoms with Gasteiger partial charge in [0.25, 0.3) is 0 Å². The van der Waals surface area contributed by atoms with Crippen LogP contribution in [0.2, 0.25) is 0 Å². The molecule has 23 heavy (non-hydrogen) atoms. The Kier molecular flexibility index (Phi) is 3.11. The zero-order chi connectivity index (χ0) is 15.5. The van der Waals surface area contributed by atoms with E-state index >= 15 is 0 Å². The first-order chi connectivity index (χ1) is 11.2. The summed E-state index contributed by atoms with van der Waals surface area (Å²) in [5.41, 5.74) is 2.71. The number of epoxide rings is 1. The van der Waals surface area contributed by atoms with Crippen molar-refractivity contribution in [1.82, 2.24) is 0 Å². The van der Waals surface area contributed by atoms with E-state index in [1.807, 2.05) is 0 Å². The summed E-state index contributed by atoms with van der Waals surface area (Å²) in [7, 11) is 0. The molecule has 3 unspecified atom stereocenters. The zero-order valence-corrected chi connectivity index (χ0v) is 14.2. The van der Waals surface area contributed by atoms with Crippen LogP contribution in [0.5, 0.6) is 5.75 Å². The molecule has 0 amide bonds. The van der Waals surface area contributed by atoms with Gasteiger partial charge in [-0.1, -0.05) is 25.5 Å². The predicted molar refractivity (Wildman–Crippen MR) is 90.8 cm³/mol. The van der Waals surface area contributed by atoms with Gasteiger partial charge in [0.2, 0.25) is 0 Å². The van der Waals surface area contributed by atoms with Crippen molar-refractivity contribution in [3.63, 3.8) is 0 Å². The largest absolute Gasteiger partial charge is 0.491 e. The number of benzene rings is 1. The van der Waals surface area contributed by atoms with Crippen LogP contribution in [0, 0.1) is 17.3 Å². The first-order valence-electron chi connectivity index (χ1n) is 9.54. The van der Waals surface area contributed by atoms with Gasteiger partial charge in [0.15, 0.2) is 0 Å². The minimum absolute atomic E-state index is 0.335. The van der Waals surface area contributed by atoms with E-state index in [0.717, 1.165) is 24.2 Å². The van der Waals surface area contributed by atoms with Gasteiger partial charge in [-0.05, 0) is 78.9 Å². The van der Waals surface area contributed by atoms with Crippen molar-refractivity contribution in [2.24, 2.45) is 17.3 Å². The Morgan fingerprint density at radius 3 is 2.39 bits per heavy atom. The van der Waals surface area contributed by atoms with Gasteiger partial charge in [-0.2, -0.15) is 0 Å². The monoisotopic (exact) mass is 312 g/mol. The fraction of sp³-hybridized carbons (Fsp3) is 0.714. The van der Waals surface area contributed by atoms with E-state index in [9.17, 15) is 0 Å². The van der Waals surface area contributed by atoms with E-state index < -0.39 is 0 Å². The Hall–Kier alpha value is -1.02. The standard InChI is InChI=1S/C21H28O2/c1-2-20-8-15-7-16(9-20)11-21(10-15,14-20)17-3-5-18(6-4-17)22-12-19-13-23-19/h3-6,15-16,19H,2,7-14H2,1H3. The summed E-state index contributed by atoms with van der Waals surface area (Å²) in [5.74, 6) is 2.97. The molecule has 1 aromatic rings. The second-order valence-electron chi connectivity index (χ2n) is 8.89. The third-order valence-electron chi connectivity index (χ3n) is 7.24. The van der Waals surface area contributed by atoms with Gasteiger partial charge in [-0.25, -0.2) is 0 Å². The molecular weight excluding hydrogens is 284 g/mol. The highest BCUT2D eigenvalue weighted by molar-refractivity contribution is 5.35. The van der Waals surface area contributed by atoms with Gasteiger partial charge >= 0.3 is 0 Å². The molecule has 1 aromatic carbocycles. The molecule has 0 radical (unpaired) electrons. The highest BCUT2D eigenvalue weighted by Gasteiger charge is 2.57. The highest BCUT2D eigenvalue weighted by atomic mass is 16.6. The average molecular weight is 312 g/mol. The van der Waals surface area contributed by atoms with Crippen molar-refractivity contribution in [3.8, 4) is 5.75 Å². The molecule has 1 heterocycles. The van der Waals surface area contributed by atoms with Gasteiger partial charge < -0.3 is 9.47 Å². The molecule has 2 heteroatoms. The maximum Gasteiger partial charge on any atom is 0.119 e. The van der Waals surface area contributed by atoms with Crippen molar-refractivity contribution < 1.29 is 9.47 Å². The molecule has 4 bridgehead atoms. The maximum atomic E-state index is 5.82. The normalized spacial score (nSPS) is 43.6. The smallest absolute Gasteiger partial charge is 0.119 e. The second kappa shape index (κ2) is 4.99. The third-order valence-corrected chi connectivity index (χ3v) is 7.24.